The van der Waals surface area contributed by atoms with Crippen LogP contribution in [0.15, 0.2) is 53.3 Å². The van der Waals surface area contributed by atoms with Gasteiger partial charge in [0.15, 0.2) is 6.61 Å². The third-order valence-corrected chi connectivity index (χ3v) is 4.22. The molecule has 2 aromatic carbocycles. The number of hydrogen-bond acceptors (Lipinski definition) is 5. The minimum atomic E-state index is -0.330. The Morgan fingerprint density at radius 1 is 1.11 bits per heavy atom. The number of halogens is 1. The fourth-order valence-corrected chi connectivity index (χ4v) is 2.77. The summed E-state index contributed by atoms with van der Waals surface area (Å²) in [4.78, 5) is 33.8. The molecule has 0 unspecified atom stereocenters. The largest absolute Gasteiger partial charge is 0.467 e. The van der Waals surface area contributed by atoms with Crippen LogP contribution in [-0.2, 0) is 4.79 Å². The summed E-state index contributed by atoms with van der Waals surface area (Å²) in [6.45, 7) is -0.197. The predicted octanol–water partition coefficient (Wildman–Crippen LogP) is 3.11. The maximum atomic E-state index is 12.2. The molecule has 8 heteroatoms. The number of benzene rings is 2. The van der Waals surface area contributed by atoms with Crippen LogP contribution in [0.5, 0.6) is 5.88 Å². The summed E-state index contributed by atoms with van der Waals surface area (Å²) in [6, 6.07) is 12.2. The minimum absolute atomic E-state index is 0.0991. The zero-order valence-corrected chi connectivity index (χ0v) is 16.4. The third-order valence-electron chi connectivity index (χ3n) is 3.72. The molecule has 0 atom stereocenters. The molecule has 1 N–H and O–H groups in total. The highest BCUT2D eigenvalue weighted by atomic mass is 79.9. The number of nitrogens with one attached hydrogen (secondary N) is 1. The van der Waals surface area contributed by atoms with E-state index in [1.807, 2.05) is 18.2 Å². The standard InChI is InChI=1S/C19H17BrN4O3/c1-24(2)19(26)12-3-6-14(7-4-12)23-17(25)10-27-18-15-9-13(20)5-8-16(15)21-11-22-18/h3-9,11H,10H2,1-2H3,(H,23,25). The van der Waals surface area contributed by atoms with Gasteiger partial charge in [0.25, 0.3) is 11.8 Å². The second-order valence-electron chi connectivity index (χ2n) is 5.95. The molecule has 0 aliphatic rings. The molecule has 27 heavy (non-hydrogen) atoms. The van der Waals surface area contributed by atoms with E-state index >= 15 is 0 Å². The van der Waals surface area contributed by atoms with Gasteiger partial charge in [-0.15, -0.1) is 0 Å². The van der Waals surface area contributed by atoms with E-state index in [0.29, 0.717) is 22.5 Å². The van der Waals surface area contributed by atoms with E-state index in [9.17, 15) is 9.59 Å². The van der Waals surface area contributed by atoms with Crippen molar-refractivity contribution in [1.29, 1.82) is 0 Å². The van der Waals surface area contributed by atoms with Crippen molar-refractivity contribution >= 4 is 44.3 Å². The first-order chi connectivity index (χ1) is 12.9. The topological polar surface area (TPSA) is 84.4 Å². The molecule has 7 nitrogen and oxygen atoms in total. The van der Waals surface area contributed by atoms with E-state index < -0.39 is 0 Å². The number of ether oxygens (including phenoxy) is 1. The fourth-order valence-electron chi connectivity index (χ4n) is 2.41. The minimum Gasteiger partial charge on any atom is -0.467 e. The zero-order chi connectivity index (χ0) is 19.4. The molecular weight excluding hydrogens is 412 g/mol. The summed E-state index contributed by atoms with van der Waals surface area (Å²) < 4.78 is 6.42. The van der Waals surface area contributed by atoms with Crippen LogP contribution in [0.1, 0.15) is 10.4 Å². The van der Waals surface area contributed by atoms with Crippen LogP contribution in [0.2, 0.25) is 0 Å². The Morgan fingerprint density at radius 3 is 2.56 bits per heavy atom. The number of hydrogen-bond donors (Lipinski definition) is 1. The van der Waals surface area contributed by atoms with E-state index in [0.717, 1.165) is 9.99 Å². The van der Waals surface area contributed by atoms with E-state index in [2.05, 4.69) is 31.2 Å². The summed E-state index contributed by atoms with van der Waals surface area (Å²) >= 11 is 3.40. The van der Waals surface area contributed by atoms with E-state index in [-0.39, 0.29) is 18.4 Å². The van der Waals surface area contributed by atoms with Crippen molar-refractivity contribution in [2.45, 2.75) is 0 Å². The van der Waals surface area contributed by atoms with Crippen LogP contribution < -0.4 is 10.1 Å². The van der Waals surface area contributed by atoms with E-state index in [1.54, 1.807) is 38.4 Å². The average molecular weight is 429 g/mol. The van der Waals surface area contributed by atoms with Gasteiger partial charge in [-0.25, -0.2) is 9.97 Å². The van der Waals surface area contributed by atoms with Crippen molar-refractivity contribution in [1.82, 2.24) is 14.9 Å². The van der Waals surface area contributed by atoms with E-state index in [4.69, 9.17) is 4.74 Å². The number of fused-ring (bicyclic) bond motifs is 1. The number of rotatable bonds is 5. The predicted molar refractivity (Wildman–Crippen MR) is 106 cm³/mol. The summed E-state index contributed by atoms with van der Waals surface area (Å²) in [5.41, 5.74) is 1.85. The second-order valence-corrected chi connectivity index (χ2v) is 6.87. The first-order valence-electron chi connectivity index (χ1n) is 8.08. The van der Waals surface area contributed by atoms with Crippen molar-refractivity contribution in [2.75, 3.05) is 26.0 Å². The van der Waals surface area contributed by atoms with Crippen molar-refractivity contribution in [3.05, 3.63) is 58.8 Å². The molecule has 3 aromatic rings. The lowest BCUT2D eigenvalue weighted by Crippen LogP contribution is -2.22. The Kier molecular flexibility index (Phi) is 5.66. The quantitative estimate of drug-likeness (QED) is 0.674. The molecular formula is C19H17BrN4O3. The Bertz CT molecular complexity index is 990. The molecule has 3 rings (SSSR count). The van der Waals surface area contributed by atoms with Gasteiger partial charge >= 0.3 is 0 Å². The molecule has 0 saturated carbocycles. The van der Waals surface area contributed by atoms with Gasteiger partial charge < -0.3 is 15.0 Å². The highest BCUT2D eigenvalue weighted by Crippen LogP contribution is 2.24. The third kappa shape index (κ3) is 4.59. The molecule has 0 radical (unpaired) electrons. The molecule has 0 fully saturated rings. The summed E-state index contributed by atoms with van der Waals surface area (Å²) in [6.07, 6.45) is 1.39. The smallest absolute Gasteiger partial charge is 0.262 e. The van der Waals surface area contributed by atoms with Gasteiger partial charge in [0, 0.05) is 29.8 Å². The molecule has 1 heterocycles. The Labute approximate surface area is 164 Å². The molecule has 0 saturated heterocycles. The fraction of sp³-hybridized carbons (Fsp3) is 0.158. The van der Waals surface area contributed by atoms with Crippen molar-refractivity contribution in [3.63, 3.8) is 0 Å². The van der Waals surface area contributed by atoms with Gasteiger partial charge in [-0.2, -0.15) is 0 Å². The number of nitrogens with zero attached hydrogens (tertiary/aromatic N) is 3. The normalized spacial score (nSPS) is 10.5. The summed E-state index contributed by atoms with van der Waals surface area (Å²) in [7, 11) is 3.37. The number of amides is 2. The van der Waals surface area contributed by atoms with E-state index in [1.165, 1.54) is 11.2 Å². The maximum Gasteiger partial charge on any atom is 0.262 e. The molecule has 0 spiro atoms. The molecule has 0 aliphatic heterocycles. The summed E-state index contributed by atoms with van der Waals surface area (Å²) in [5.74, 6) is -0.0927. The number of aromatic nitrogens is 2. The van der Waals surface area contributed by atoms with Gasteiger partial charge in [-0.1, -0.05) is 15.9 Å². The van der Waals surface area contributed by atoms with Crippen molar-refractivity contribution in [2.24, 2.45) is 0 Å². The highest BCUT2D eigenvalue weighted by Gasteiger charge is 2.10. The number of anilines is 1. The highest BCUT2D eigenvalue weighted by molar-refractivity contribution is 9.10. The number of carbonyl (C=O) groups excluding carboxylic acids is 2. The van der Waals surface area contributed by atoms with Crippen LogP contribution >= 0.6 is 15.9 Å². The van der Waals surface area contributed by atoms with Crippen molar-refractivity contribution in [3.8, 4) is 5.88 Å². The van der Waals surface area contributed by atoms with Gasteiger partial charge in [0.05, 0.1) is 10.9 Å². The zero-order valence-electron chi connectivity index (χ0n) is 14.8. The molecule has 1 aromatic heterocycles. The van der Waals surface area contributed by atoms with Crippen LogP contribution in [-0.4, -0.2) is 47.4 Å². The molecule has 0 aliphatic carbocycles. The van der Waals surface area contributed by atoms with Crippen LogP contribution in [0, 0.1) is 0 Å². The van der Waals surface area contributed by atoms with Crippen LogP contribution in [0.3, 0.4) is 0 Å². The SMILES string of the molecule is CN(C)C(=O)c1ccc(NC(=O)COc2ncnc3ccc(Br)cc23)cc1. The van der Waals surface area contributed by atoms with Gasteiger partial charge in [0.2, 0.25) is 5.88 Å². The average Bonchev–Trinajstić information content (AvgIpc) is 2.66. The first-order valence-corrected chi connectivity index (χ1v) is 8.88. The lowest BCUT2D eigenvalue weighted by Gasteiger charge is -2.11. The van der Waals surface area contributed by atoms with Gasteiger partial charge in [-0.05, 0) is 42.5 Å². The Morgan fingerprint density at radius 2 is 1.85 bits per heavy atom. The molecule has 138 valence electrons. The van der Waals surface area contributed by atoms with Crippen molar-refractivity contribution < 1.29 is 14.3 Å². The van der Waals surface area contributed by atoms with Gasteiger partial charge in [0.1, 0.15) is 6.33 Å². The number of carbonyl (C=O) groups is 2. The first kappa shape index (κ1) is 18.8. The monoisotopic (exact) mass is 428 g/mol. The Balaban J connectivity index is 1.63. The molecule has 0 bridgehead atoms. The van der Waals surface area contributed by atoms with Crippen LogP contribution in [0.4, 0.5) is 5.69 Å². The lowest BCUT2D eigenvalue weighted by atomic mass is 10.2. The Hall–Kier alpha value is -3.00. The molecule has 2 amide bonds. The van der Waals surface area contributed by atoms with Crippen LogP contribution in [0.25, 0.3) is 10.9 Å². The lowest BCUT2D eigenvalue weighted by molar-refractivity contribution is -0.118. The van der Waals surface area contributed by atoms with Gasteiger partial charge in [-0.3, -0.25) is 9.59 Å². The maximum absolute atomic E-state index is 12.2. The second kappa shape index (κ2) is 8.13. The summed E-state index contributed by atoms with van der Waals surface area (Å²) in [5, 5.41) is 3.44.